The van der Waals surface area contributed by atoms with E-state index < -0.39 is 0 Å². The molecular weight excluding hydrogens is 246 g/mol. The van der Waals surface area contributed by atoms with Crippen molar-refractivity contribution in [3.05, 3.63) is 60.3 Å². The van der Waals surface area contributed by atoms with Crippen molar-refractivity contribution < 1.29 is 4.57 Å². The standard InChI is InChI=1S/C9H7N.C8H15N2/c1-2-6-9-8(4-1)5-3-7-10-9;1-5-8-6-9(3)7(2)10(8)4/h1-7H;6H,5H2,1-4H3/q;+1. The molecular formula is C17H22N3+. The van der Waals surface area contributed by atoms with E-state index in [1.807, 2.05) is 30.5 Å². The molecule has 0 bridgehead atoms. The molecule has 2 aromatic heterocycles. The molecule has 0 N–H and O–H groups in total. The summed E-state index contributed by atoms with van der Waals surface area (Å²) >= 11 is 0. The number of benzene rings is 1. The number of hydrogen-bond acceptors (Lipinski definition) is 1. The predicted octanol–water partition coefficient (Wildman–Crippen LogP) is 2.96. The van der Waals surface area contributed by atoms with Crippen LogP contribution in [0.2, 0.25) is 0 Å². The summed E-state index contributed by atoms with van der Waals surface area (Å²) in [5.41, 5.74) is 2.45. The Morgan fingerprint density at radius 3 is 2.40 bits per heavy atom. The fourth-order valence-electron chi connectivity index (χ4n) is 2.19. The lowest BCUT2D eigenvalue weighted by Gasteiger charge is -1.91. The first-order chi connectivity index (χ1) is 9.63. The van der Waals surface area contributed by atoms with Crippen molar-refractivity contribution in [3.8, 4) is 0 Å². The maximum atomic E-state index is 4.18. The first-order valence-corrected chi connectivity index (χ1v) is 6.94. The average Bonchev–Trinajstić information content (AvgIpc) is 2.75. The van der Waals surface area contributed by atoms with Crippen LogP contribution in [0.25, 0.3) is 10.9 Å². The molecule has 0 atom stereocenters. The van der Waals surface area contributed by atoms with Gasteiger partial charge in [0.25, 0.3) is 5.82 Å². The first kappa shape index (κ1) is 14.3. The highest BCUT2D eigenvalue weighted by atomic mass is 15.1. The molecule has 104 valence electrons. The minimum atomic E-state index is 1.06. The zero-order valence-electron chi connectivity index (χ0n) is 12.7. The van der Waals surface area contributed by atoms with Crippen molar-refractivity contribution in [3.63, 3.8) is 0 Å². The lowest BCUT2D eigenvalue weighted by Crippen LogP contribution is -2.29. The SMILES string of the molecule is CCc1c[n+](C)c(C)n1C.c1ccc2ncccc2c1. The van der Waals surface area contributed by atoms with Crippen LogP contribution in [0.1, 0.15) is 18.4 Å². The third-order valence-electron chi connectivity index (χ3n) is 3.64. The van der Waals surface area contributed by atoms with E-state index in [2.05, 4.69) is 60.4 Å². The summed E-state index contributed by atoms with van der Waals surface area (Å²) in [7, 11) is 4.18. The molecule has 0 aliphatic carbocycles. The minimum Gasteiger partial charge on any atom is -0.256 e. The van der Waals surface area contributed by atoms with Crippen LogP contribution in [-0.4, -0.2) is 9.55 Å². The third-order valence-corrected chi connectivity index (χ3v) is 3.64. The number of imidazole rings is 1. The van der Waals surface area contributed by atoms with Gasteiger partial charge in [-0.2, -0.15) is 0 Å². The van der Waals surface area contributed by atoms with E-state index in [1.165, 1.54) is 16.9 Å². The topological polar surface area (TPSA) is 21.7 Å². The molecule has 1 aromatic carbocycles. The van der Waals surface area contributed by atoms with Crippen LogP contribution in [0, 0.1) is 6.92 Å². The highest BCUT2D eigenvalue weighted by molar-refractivity contribution is 5.77. The number of pyridine rings is 1. The lowest BCUT2D eigenvalue weighted by atomic mass is 10.2. The van der Waals surface area contributed by atoms with Crippen LogP contribution in [0.15, 0.2) is 48.8 Å². The summed E-state index contributed by atoms with van der Waals surface area (Å²) in [6, 6.07) is 12.1. The van der Waals surface area contributed by atoms with Crippen molar-refractivity contribution in [1.82, 2.24) is 9.55 Å². The lowest BCUT2D eigenvalue weighted by molar-refractivity contribution is -0.677. The number of rotatable bonds is 1. The maximum absolute atomic E-state index is 4.18. The zero-order valence-corrected chi connectivity index (χ0v) is 12.7. The summed E-state index contributed by atoms with van der Waals surface area (Å²) < 4.78 is 4.37. The van der Waals surface area contributed by atoms with Gasteiger partial charge in [0, 0.05) is 24.9 Å². The van der Waals surface area contributed by atoms with Gasteiger partial charge >= 0.3 is 0 Å². The van der Waals surface area contributed by atoms with Crippen LogP contribution in [0.4, 0.5) is 0 Å². The molecule has 3 nitrogen and oxygen atoms in total. The van der Waals surface area contributed by atoms with Gasteiger partial charge in [-0.1, -0.05) is 31.2 Å². The molecule has 3 rings (SSSR count). The van der Waals surface area contributed by atoms with Crippen molar-refractivity contribution in [2.75, 3.05) is 0 Å². The van der Waals surface area contributed by atoms with E-state index in [0.717, 1.165) is 11.9 Å². The number of nitrogens with zero attached hydrogens (tertiary/aromatic N) is 3. The normalized spacial score (nSPS) is 10.2. The number of fused-ring (bicyclic) bond motifs is 1. The number of aromatic nitrogens is 3. The molecule has 0 spiro atoms. The predicted molar refractivity (Wildman–Crippen MR) is 82.4 cm³/mol. The average molecular weight is 268 g/mol. The zero-order chi connectivity index (χ0) is 14.5. The van der Waals surface area contributed by atoms with Gasteiger partial charge in [0.1, 0.15) is 11.9 Å². The molecule has 3 heteroatoms. The van der Waals surface area contributed by atoms with Crippen LogP contribution >= 0.6 is 0 Å². The Morgan fingerprint density at radius 1 is 1.15 bits per heavy atom. The Morgan fingerprint density at radius 2 is 1.85 bits per heavy atom. The fraction of sp³-hybridized carbons (Fsp3) is 0.294. The Balaban J connectivity index is 0.000000147. The summed E-state index contributed by atoms with van der Waals surface area (Å²) in [5.74, 6) is 1.30. The molecule has 0 amide bonds. The number of aryl methyl sites for hydroxylation is 2. The molecule has 0 radical (unpaired) electrons. The van der Waals surface area contributed by atoms with E-state index in [9.17, 15) is 0 Å². The molecule has 0 unspecified atom stereocenters. The molecule has 0 saturated heterocycles. The van der Waals surface area contributed by atoms with E-state index >= 15 is 0 Å². The fourth-order valence-corrected chi connectivity index (χ4v) is 2.19. The van der Waals surface area contributed by atoms with Crippen LogP contribution < -0.4 is 4.57 Å². The first-order valence-electron chi connectivity index (χ1n) is 6.94. The van der Waals surface area contributed by atoms with Crippen molar-refractivity contribution >= 4 is 10.9 Å². The van der Waals surface area contributed by atoms with E-state index in [1.54, 1.807) is 0 Å². The Labute approximate surface area is 120 Å². The highest BCUT2D eigenvalue weighted by Crippen LogP contribution is 2.07. The molecule has 20 heavy (non-hydrogen) atoms. The van der Waals surface area contributed by atoms with Crippen molar-refractivity contribution in [2.24, 2.45) is 14.1 Å². The number of para-hydroxylation sites is 1. The Hall–Kier alpha value is -2.16. The second kappa shape index (κ2) is 6.33. The summed E-state index contributed by atoms with van der Waals surface area (Å²) in [6.07, 6.45) is 5.09. The van der Waals surface area contributed by atoms with Gasteiger partial charge in [0.15, 0.2) is 0 Å². The van der Waals surface area contributed by atoms with Crippen LogP contribution in [0.3, 0.4) is 0 Å². The van der Waals surface area contributed by atoms with Crippen molar-refractivity contribution in [1.29, 1.82) is 0 Å². The van der Waals surface area contributed by atoms with Gasteiger partial charge in [-0.25, -0.2) is 9.13 Å². The summed E-state index contributed by atoms with van der Waals surface area (Å²) in [5, 5.41) is 1.20. The summed E-state index contributed by atoms with van der Waals surface area (Å²) in [4.78, 5) is 4.18. The smallest absolute Gasteiger partial charge is 0.253 e. The second-order valence-electron chi connectivity index (χ2n) is 4.89. The van der Waals surface area contributed by atoms with Crippen LogP contribution in [-0.2, 0) is 20.5 Å². The quantitative estimate of drug-likeness (QED) is 0.622. The largest absolute Gasteiger partial charge is 0.256 e. The van der Waals surface area contributed by atoms with Gasteiger partial charge in [-0.15, -0.1) is 0 Å². The molecule has 0 saturated carbocycles. The van der Waals surface area contributed by atoms with Crippen LogP contribution in [0.5, 0.6) is 0 Å². The Bertz CT molecular complexity index is 633. The van der Waals surface area contributed by atoms with E-state index in [4.69, 9.17) is 0 Å². The van der Waals surface area contributed by atoms with Gasteiger partial charge in [-0.3, -0.25) is 4.98 Å². The minimum absolute atomic E-state index is 1.06. The Kier molecular flexibility index (Phi) is 4.51. The van der Waals surface area contributed by atoms with Crippen molar-refractivity contribution in [2.45, 2.75) is 20.3 Å². The van der Waals surface area contributed by atoms with E-state index in [-0.39, 0.29) is 0 Å². The molecule has 0 fully saturated rings. The van der Waals surface area contributed by atoms with Gasteiger partial charge in [0.05, 0.1) is 19.6 Å². The second-order valence-corrected chi connectivity index (χ2v) is 4.89. The number of hydrogen-bond donors (Lipinski definition) is 0. The molecule has 3 aromatic rings. The monoisotopic (exact) mass is 268 g/mol. The van der Waals surface area contributed by atoms with Gasteiger partial charge in [-0.05, 0) is 12.1 Å². The van der Waals surface area contributed by atoms with Gasteiger partial charge in [0.2, 0.25) is 0 Å². The molecule has 0 aliphatic rings. The van der Waals surface area contributed by atoms with Gasteiger partial charge < -0.3 is 0 Å². The third kappa shape index (κ3) is 3.05. The molecule has 2 heterocycles. The molecule has 0 aliphatic heterocycles. The summed E-state index contributed by atoms with van der Waals surface area (Å²) in [6.45, 7) is 4.30. The highest BCUT2D eigenvalue weighted by Gasteiger charge is 2.10. The maximum Gasteiger partial charge on any atom is 0.253 e. The van der Waals surface area contributed by atoms with E-state index in [0.29, 0.717) is 0 Å².